The van der Waals surface area contributed by atoms with Gasteiger partial charge < -0.3 is 15.4 Å². The van der Waals surface area contributed by atoms with E-state index in [1.54, 1.807) is 24.3 Å². The Hall–Kier alpha value is -4.56. The summed E-state index contributed by atoms with van der Waals surface area (Å²) in [5.74, 6) is -0.687. The number of benzene rings is 3. The van der Waals surface area contributed by atoms with Gasteiger partial charge in [-0.1, -0.05) is 36.4 Å². The second kappa shape index (κ2) is 11.5. The number of nitrogens with one attached hydrogen (secondary N) is 2. The molecule has 2 N–H and O–H groups in total. The van der Waals surface area contributed by atoms with E-state index >= 15 is 0 Å². The van der Waals surface area contributed by atoms with Crippen molar-refractivity contribution in [1.82, 2.24) is 15.0 Å². The van der Waals surface area contributed by atoms with Gasteiger partial charge in [-0.3, -0.25) is 0 Å². The molecule has 0 aliphatic carbocycles. The monoisotopic (exact) mass is 587 g/mol. The number of rotatable bonds is 8. The van der Waals surface area contributed by atoms with Crippen LogP contribution in [-0.2, 0) is 18.9 Å². The van der Waals surface area contributed by atoms with Crippen molar-refractivity contribution in [3.8, 4) is 17.1 Å². The topological polar surface area (TPSA) is 72.0 Å². The van der Waals surface area contributed by atoms with Gasteiger partial charge in [0, 0.05) is 12.2 Å². The summed E-state index contributed by atoms with van der Waals surface area (Å²) in [5.41, 5.74) is -0.595. The van der Waals surface area contributed by atoms with Crippen molar-refractivity contribution in [2.75, 3.05) is 17.2 Å². The van der Waals surface area contributed by atoms with E-state index in [9.17, 15) is 39.5 Å². The standard InChI is InChI=1S/C26H18F9N5O/c27-24(28,29)14-41-23-39-21(38-22(40-23)37-20-9-3-8-19(12-20)26(33,34)35)36-13-15-4-1-5-16(10-15)17-6-2-7-18(11-17)25(30,31)32/h1-12H,13-14H2,(H2,36,37,38,39,40). The Labute approximate surface area is 226 Å². The third-order valence-corrected chi connectivity index (χ3v) is 5.33. The van der Waals surface area contributed by atoms with Crippen molar-refractivity contribution < 1.29 is 44.3 Å². The molecule has 216 valence electrons. The Morgan fingerprint density at radius 3 is 1.88 bits per heavy atom. The molecule has 3 aromatic carbocycles. The Morgan fingerprint density at radius 2 is 1.22 bits per heavy atom. The van der Waals surface area contributed by atoms with E-state index in [0.717, 1.165) is 30.3 Å². The number of hydrogen-bond donors (Lipinski definition) is 2. The molecule has 1 heterocycles. The van der Waals surface area contributed by atoms with Crippen molar-refractivity contribution >= 4 is 17.6 Å². The average Bonchev–Trinajstić information content (AvgIpc) is 2.90. The van der Waals surface area contributed by atoms with E-state index in [4.69, 9.17) is 0 Å². The normalized spacial score (nSPS) is 12.2. The van der Waals surface area contributed by atoms with Crippen LogP contribution in [0.25, 0.3) is 11.1 Å². The van der Waals surface area contributed by atoms with Crippen molar-refractivity contribution in [2.45, 2.75) is 25.1 Å². The van der Waals surface area contributed by atoms with Gasteiger partial charge in [0.1, 0.15) is 0 Å². The fraction of sp³-hybridized carbons (Fsp3) is 0.192. The van der Waals surface area contributed by atoms with E-state index in [1.165, 1.54) is 18.2 Å². The average molecular weight is 587 g/mol. The molecule has 0 aliphatic heterocycles. The van der Waals surface area contributed by atoms with Crippen LogP contribution in [0.3, 0.4) is 0 Å². The molecule has 0 aliphatic rings. The molecule has 4 rings (SSSR count). The highest BCUT2D eigenvalue weighted by atomic mass is 19.4. The molecule has 0 fully saturated rings. The van der Waals surface area contributed by atoms with Gasteiger partial charge in [-0.15, -0.1) is 0 Å². The smallest absolute Gasteiger partial charge is 0.422 e. The molecule has 0 unspecified atom stereocenters. The first kappa shape index (κ1) is 29.4. The summed E-state index contributed by atoms with van der Waals surface area (Å²) in [6.07, 6.45) is -13.9. The SMILES string of the molecule is FC(F)(F)COc1nc(NCc2cccc(-c3cccc(C(F)(F)F)c3)c2)nc(Nc2cccc(C(F)(F)F)c2)n1. The zero-order valence-electron chi connectivity index (χ0n) is 20.5. The van der Waals surface area contributed by atoms with E-state index in [2.05, 4.69) is 30.3 Å². The molecule has 0 spiro atoms. The van der Waals surface area contributed by atoms with Crippen LogP contribution in [0.4, 0.5) is 57.1 Å². The summed E-state index contributed by atoms with van der Waals surface area (Å²) in [5, 5.41) is 5.24. The number of aromatic nitrogens is 3. The van der Waals surface area contributed by atoms with Crippen molar-refractivity contribution in [3.63, 3.8) is 0 Å². The van der Waals surface area contributed by atoms with Crippen molar-refractivity contribution in [3.05, 3.63) is 89.5 Å². The van der Waals surface area contributed by atoms with Gasteiger partial charge >= 0.3 is 24.5 Å². The van der Waals surface area contributed by atoms with Gasteiger partial charge in [0.15, 0.2) is 6.61 Å². The first-order chi connectivity index (χ1) is 19.2. The number of alkyl halides is 9. The molecule has 4 aromatic rings. The van der Waals surface area contributed by atoms with Crippen LogP contribution in [0, 0.1) is 0 Å². The number of halogens is 9. The predicted octanol–water partition coefficient (Wildman–Crippen LogP) is 7.87. The lowest BCUT2D eigenvalue weighted by atomic mass is 10.0. The molecule has 0 atom stereocenters. The minimum Gasteiger partial charge on any atom is -0.454 e. The molecule has 0 bridgehead atoms. The fourth-order valence-electron chi connectivity index (χ4n) is 3.52. The highest BCUT2D eigenvalue weighted by Crippen LogP contribution is 2.33. The molecule has 0 saturated carbocycles. The Morgan fingerprint density at radius 1 is 0.634 bits per heavy atom. The van der Waals surface area contributed by atoms with Crippen LogP contribution in [0.15, 0.2) is 72.8 Å². The minimum atomic E-state index is -4.72. The Bertz CT molecular complexity index is 1500. The summed E-state index contributed by atoms with van der Waals surface area (Å²) in [4.78, 5) is 11.4. The third-order valence-electron chi connectivity index (χ3n) is 5.33. The van der Waals surface area contributed by atoms with Gasteiger partial charge in [0.05, 0.1) is 11.1 Å². The van der Waals surface area contributed by atoms with Crippen LogP contribution >= 0.6 is 0 Å². The summed E-state index contributed by atoms with van der Waals surface area (Å²) in [6.45, 7) is -1.77. The van der Waals surface area contributed by atoms with Crippen LogP contribution < -0.4 is 15.4 Å². The maximum atomic E-state index is 13.1. The quantitative estimate of drug-likeness (QED) is 0.205. The maximum Gasteiger partial charge on any atom is 0.422 e. The molecule has 0 radical (unpaired) electrons. The highest BCUT2D eigenvalue weighted by Gasteiger charge is 2.32. The van der Waals surface area contributed by atoms with Gasteiger partial charge in [-0.05, 0) is 53.1 Å². The van der Waals surface area contributed by atoms with Crippen LogP contribution in [0.1, 0.15) is 16.7 Å². The first-order valence-corrected chi connectivity index (χ1v) is 11.6. The molecule has 6 nitrogen and oxygen atoms in total. The third kappa shape index (κ3) is 8.46. The lowest BCUT2D eigenvalue weighted by Crippen LogP contribution is -2.21. The zero-order chi connectivity index (χ0) is 29.8. The molecule has 0 amide bonds. The summed E-state index contributed by atoms with van der Waals surface area (Å²) in [7, 11) is 0. The lowest BCUT2D eigenvalue weighted by Gasteiger charge is -2.13. The summed E-state index contributed by atoms with van der Waals surface area (Å²) in [6, 6.07) is 14.3. The second-order valence-electron chi connectivity index (χ2n) is 8.51. The lowest BCUT2D eigenvalue weighted by molar-refractivity contribution is -0.154. The Balaban J connectivity index is 1.57. The number of anilines is 3. The van der Waals surface area contributed by atoms with E-state index < -0.39 is 48.2 Å². The largest absolute Gasteiger partial charge is 0.454 e. The molecule has 0 saturated heterocycles. The zero-order valence-corrected chi connectivity index (χ0v) is 20.5. The van der Waals surface area contributed by atoms with Crippen LogP contribution in [0.2, 0.25) is 0 Å². The molecule has 15 heteroatoms. The maximum absolute atomic E-state index is 13.1. The van der Waals surface area contributed by atoms with Crippen molar-refractivity contribution in [2.24, 2.45) is 0 Å². The molecule has 41 heavy (non-hydrogen) atoms. The number of nitrogens with zero attached hydrogens (tertiary/aromatic N) is 3. The molecular weight excluding hydrogens is 569 g/mol. The molecule has 1 aromatic heterocycles. The summed E-state index contributed by atoms with van der Waals surface area (Å²) >= 11 is 0. The van der Waals surface area contributed by atoms with E-state index in [0.29, 0.717) is 16.7 Å². The fourth-order valence-corrected chi connectivity index (χ4v) is 3.52. The second-order valence-corrected chi connectivity index (χ2v) is 8.51. The predicted molar refractivity (Wildman–Crippen MR) is 130 cm³/mol. The first-order valence-electron chi connectivity index (χ1n) is 11.6. The number of hydrogen-bond acceptors (Lipinski definition) is 6. The molecular formula is C26H18F9N5O. The number of ether oxygens (including phenoxy) is 1. The van der Waals surface area contributed by atoms with Gasteiger partial charge in [-0.2, -0.15) is 54.5 Å². The summed E-state index contributed by atoms with van der Waals surface area (Å²) < 4.78 is 121. The van der Waals surface area contributed by atoms with Gasteiger partial charge in [0.2, 0.25) is 11.9 Å². The Kier molecular flexibility index (Phi) is 8.26. The van der Waals surface area contributed by atoms with Gasteiger partial charge in [-0.25, -0.2) is 0 Å². The van der Waals surface area contributed by atoms with E-state index in [-0.39, 0.29) is 18.2 Å². The minimum absolute atomic E-state index is 0.0292. The highest BCUT2D eigenvalue weighted by molar-refractivity contribution is 5.65. The van der Waals surface area contributed by atoms with Crippen molar-refractivity contribution in [1.29, 1.82) is 0 Å². The van der Waals surface area contributed by atoms with Crippen LogP contribution in [0.5, 0.6) is 6.01 Å². The van der Waals surface area contributed by atoms with Crippen LogP contribution in [-0.4, -0.2) is 27.7 Å². The van der Waals surface area contributed by atoms with E-state index in [1.807, 2.05) is 0 Å². The van der Waals surface area contributed by atoms with Gasteiger partial charge in [0.25, 0.3) is 0 Å².